The quantitative estimate of drug-likeness (QED) is 0.730. The Labute approximate surface area is 127 Å². The number of nitrogens with one attached hydrogen (secondary N) is 2. The lowest BCUT2D eigenvalue weighted by Gasteiger charge is -2.30. The summed E-state index contributed by atoms with van der Waals surface area (Å²) in [5.41, 5.74) is -0.512. The monoisotopic (exact) mass is 298 g/mol. The maximum atomic E-state index is 11.9. The van der Waals surface area contributed by atoms with Crippen LogP contribution in [-0.2, 0) is 4.79 Å². The maximum absolute atomic E-state index is 11.9. The molecule has 1 aliphatic rings. The summed E-state index contributed by atoms with van der Waals surface area (Å²) in [6.45, 7) is 8.28. The molecule has 1 rings (SSSR count). The summed E-state index contributed by atoms with van der Waals surface area (Å²) < 4.78 is 0. The first-order valence-electron chi connectivity index (χ1n) is 8.01. The van der Waals surface area contributed by atoms with Crippen molar-refractivity contribution in [1.29, 1.82) is 0 Å². The van der Waals surface area contributed by atoms with Gasteiger partial charge in [-0.3, -0.25) is 0 Å². The smallest absolute Gasteiger partial charge is 0.326 e. The van der Waals surface area contributed by atoms with Gasteiger partial charge in [-0.15, -0.1) is 0 Å². The molecule has 1 saturated carbocycles. The predicted molar refractivity (Wildman–Crippen MR) is 83.2 cm³/mol. The van der Waals surface area contributed by atoms with E-state index < -0.39 is 17.4 Å². The van der Waals surface area contributed by atoms with Crippen LogP contribution in [0.3, 0.4) is 0 Å². The van der Waals surface area contributed by atoms with Crippen LogP contribution in [0.5, 0.6) is 0 Å². The van der Waals surface area contributed by atoms with Crippen molar-refractivity contribution in [1.82, 2.24) is 10.6 Å². The predicted octanol–water partition coefficient (Wildman–Crippen LogP) is 3.00. The molecule has 1 aliphatic carbocycles. The summed E-state index contributed by atoms with van der Waals surface area (Å²) in [7, 11) is 0. The first kappa shape index (κ1) is 17.8. The van der Waals surface area contributed by atoms with E-state index >= 15 is 0 Å². The van der Waals surface area contributed by atoms with Crippen LogP contribution in [0.4, 0.5) is 4.79 Å². The molecule has 0 aromatic carbocycles. The van der Waals surface area contributed by atoms with Gasteiger partial charge in [0.05, 0.1) is 0 Å². The zero-order valence-corrected chi connectivity index (χ0v) is 13.7. The van der Waals surface area contributed by atoms with Gasteiger partial charge in [0.2, 0.25) is 0 Å². The van der Waals surface area contributed by atoms with Crippen molar-refractivity contribution in [2.24, 2.45) is 17.3 Å². The highest BCUT2D eigenvalue weighted by Crippen LogP contribution is 2.30. The lowest BCUT2D eigenvalue weighted by atomic mass is 9.81. The fourth-order valence-electron chi connectivity index (χ4n) is 2.91. The van der Waals surface area contributed by atoms with Crippen LogP contribution >= 0.6 is 0 Å². The number of carboxylic acids is 1. The highest BCUT2D eigenvalue weighted by atomic mass is 16.4. The zero-order chi connectivity index (χ0) is 16.0. The van der Waals surface area contributed by atoms with Crippen LogP contribution in [0.25, 0.3) is 0 Å². The van der Waals surface area contributed by atoms with E-state index in [1.165, 1.54) is 19.3 Å². The van der Waals surface area contributed by atoms with Crippen molar-refractivity contribution >= 4 is 12.0 Å². The lowest BCUT2D eigenvalue weighted by Crippen LogP contribution is -2.52. The van der Waals surface area contributed by atoms with Crippen LogP contribution in [-0.4, -0.2) is 29.7 Å². The van der Waals surface area contributed by atoms with Gasteiger partial charge in [0.25, 0.3) is 0 Å². The fourth-order valence-corrected chi connectivity index (χ4v) is 2.91. The molecule has 1 unspecified atom stereocenters. The number of hydrogen-bond acceptors (Lipinski definition) is 2. The number of hydrogen-bond donors (Lipinski definition) is 3. The second-order valence-corrected chi connectivity index (χ2v) is 7.29. The summed E-state index contributed by atoms with van der Waals surface area (Å²) in [6.07, 6.45) is 6.03. The SMILES string of the molecule is CCC1CCC(CNC(=O)NC(C(=O)O)C(C)(C)C)CC1. The molecule has 0 spiro atoms. The molecule has 2 amide bonds. The molecule has 0 heterocycles. The zero-order valence-electron chi connectivity index (χ0n) is 13.7. The van der Waals surface area contributed by atoms with Crippen LogP contribution in [0.2, 0.25) is 0 Å². The molecule has 0 aromatic heterocycles. The second kappa shape index (κ2) is 7.66. The van der Waals surface area contributed by atoms with Gasteiger partial charge in [-0.2, -0.15) is 0 Å². The number of amides is 2. The molecule has 122 valence electrons. The Bertz CT molecular complexity index is 355. The summed E-state index contributed by atoms with van der Waals surface area (Å²) >= 11 is 0. The van der Waals surface area contributed by atoms with Gasteiger partial charge in [-0.1, -0.05) is 47.0 Å². The van der Waals surface area contributed by atoms with E-state index in [2.05, 4.69) is 17.6 Å². The minimum absolute atomic E-state index is 0.380. The van der Waals surface area contributed by atoms with Crippen molar-refractivity contribution in [3.05, 3.63) is 0 Å². The first-order chi connectivity index (χ1) is 9.74. The molecule has 0 aliphatic heterocycles. The molecule has 0 saturated heterocycles. The van der Waals surface area contributed by atoms with Crippen molar-refractivity contribution in [2.45, 2.75) is 65.8 Å². The number of carbonyl (C=O) groups is 2. The highest BCUT2D eigenvalue weighted by Gasteiger charge is 2.32. The van der Waals surface area contributed by atoms with Gasteiger partial charge >= 0.3 is 12.0 Å². The molecule has 21 heavy (non-hydrogen) atoms. The molecular formula is C16H30N2O3. The number of aliphatic carboxylic acids is 1. The molecule has 5 nitrogen and oxygen atoms in total. The van der Waals surface area contributed by atoms with E-state index in [0.29, 0.717) is 12.5 Å². The Morgan fingerprint density at radius 2 is 1.67 bits per heavy atom. The van der Waals surface area contributed by atoms with Crippen LogP contribution in [0, 0.1) is 17.3 Å². The average Bonchev–Trinajstić information content (AvgIpc) is 2.41. The van der Waals surface area contributed by atoms with Crippen molar-refractivity contribution in [3.8, 4) is 0 Å². The maximum Gasteiger partial charge on any atom is 0.326 e. The third kappa shape index (κ3) is 5.94. The summed E-state index contributed by atoms with van der Waals surface area (Å²) in [6, 6.07) is -1.26. The average molecular weight is 298 g/mol. The van der Waals surface area contributed by atoms with E-state index in [1.54, 1.807) is 20.8 Å². The molecular weight excluding hydrogens is 268 g/mol. The van der Waals surface area contributed by atoms with E-state index in [4.69, 9.17) is 0 Å². The minimum atomic E-state index is -0.999. The van der Waals surface area contributed by atoms with Crippen LogP contribution in [0.1, 0.15) is 59.8 Å². The number of carbonyl (C=O) groups excluding carboxylic acids is 1. The van der Waals surface area contributed by atoms with Gasteiger partial charge < -0.3 is 15.7 Å². The van der Waals surface area contributed by atoms with Gasteiger partial charge in [-0.05, 0) is 30.1 Å². The van der Waals surface area contributed by atoms with Crippen LogP contribution < -0.4 is 10.6 Å². The standard InChI is InChI=1S/C16H30N2O3/c1-5-11-6-8-12(9-7-11)10-17-15(21)18-13(14(19)20)16(2,3)4/h11-13H,5-10H2,1-4H3,(H,19,20)(H2,17,18,21). The molecule has 0 aromatic rings. The molecule has 1 atom stereocenters. The van der Waals surface area contributed by atoms with Gasteiger partial charge in [0.15, 0.2) is 0 Å². The van der Waals surface area contributed by atoms with Gasteiger partial charge in [-0.25, -0.2) is 9.59 Å². The molecule has 0 bridgehead atoms. The van der Waals surface area contributed by atoms with Crippen molar-refractivity contribution in [2.75, 3.05) is 6.54 Å². The minimum Gasteiger partial charge on any atom is -0.480 e. The summed E-state index contributed by atoms with van der Waals surface area (Å²) in [5.74, 6) is 0.366. The van der Waals surface area contributed by atoms with E-state index in [-0.39, 0.29) is 6.03 Å². The third-order valence-corrected chi connectivity index (χ3v) is 4.48. The Balaban J connectivity index is 2.35. The molecule has 1 fully saturated rings. The van der Waals surface area contributed by atoms with E-state index in [1.807, 2.05) is 0 Å². The topological polar surface area (TPSA) is 78.4 Å². The van der Waals surface area contributed by atoms with Crippen molar-refractivity contribution < 1.29 is 14.7 Å². The Hall–Kier alpha value is -1.26. The van der Waals surface area contributed by atoms with E-state index in [0.717, 1.165) is 18.8 Å². The second-order valence-electron chi connectivity index (χ2n) is 7.29. The largest absolute Gasteiger partial charge is 0.480 e. The molecule has 0 radical (unpaired) electrons. The molecule has 5 heteroatoms. The van der Waals surface area contributed by atoms with Crippen molar-refractivity contribution in [3.63, 3.8) is 0 Å². The van der Waals surface area contributed by atoms with Gasteiger partial charge in [0, 0.05) is 6.54 Å². The first-order valence-corrected chi connectivity index (χ1v) is 8.01. The van der Waals surface area contributed by atoms with Crippen LogP contribution in [0.15, 0.2) is 0 Å². The lowest BCUT2D eigenvalue weighted by molar-refractivity contribution is -0.141. The Kier molecular flexibility index (Phi) is 6.49. The normalized spacial score (nSPS) is 24.2. The van der Waals surface area contributed by atoms with E-state index in [9.17, 15) is 14.7 Å². The Morgan fingerprint density at radius 1 is 1.14 bits per heavy atom. The van der Waals surface area contributed by atoms with Gasteiger partial charge in [0.1, 0.15) is 6.04 Å². The number of rotatable bonds is 5. The highest BCUT2D eigenvalue weighted by molar-refractivity contribution is 5.83. The third-order valence-electron chi connectivity index (χ3n) is 4.48. The fraction of sp³-hybridized carbons (Fsp3) is 0.875. The Morgan fingerprint density at radius 3 is 2.10 bits per heavy atom. The summed E-state index contributed by atoms with van der Waals surface area (Å²) in [5, 5.41) is 14.6. The molecule has 3 N–H and O–H groups in total. The summed E-state index contributed by atoms with van der Waals surface area (Å²) in [4.78, 5) is 23.1. The number of carboxylic acid groups (broad SMARTS) is 1. The number of urea groups is 1.